The van der Waals surface area contributed by atoms with Crippen molar-refractivity contribution < 1.29 is 9.15 Å². The molecule has 0 spiro atoms. The summed E-state index contributed by atoms with van der Waals surface area (Å²) in [5.41, 5.74) is 1.73. The van der Waals surface area contributed by atoms with Crippen molar-refractivity contribution in [2.75, 3.05) is 32.8 Å². The van der Waals surface area contributed by atoms with E-state index in [9.17, 15) is 0 Å². The van der Waals surface area contributed by atoms with E-state index in [4.69, 9.17) is 9.15 Å². The zero-order chi connectivity index (χ0) is 16.6. The minimum Gasteiger partial charge on any atom is -0.469 e. The van der Waals surface area contributed by atoms with E-state index in [1.54, 1.807) is 0 Å². The van der Waals surface area contributed by atoms with Gasteiger partial charge in [0.2, 0.25) is 0 Å². The van der Waals surface area contributed by atoms with Crippen LogP contribution in [0.1, 0.15) is 56.9 Å². The van der Waals surface area contributed by atoms with Crippen molar-refractivity contribution in [1.29, 1.82) is 0 Å². The number of nitrogens with one attached hydrogen (secondary N) is 1. The molecule has 2 aliphatic heterocycles. The summed E-state index contributed by atoms with van der Waals surface area (Å²) in [4.78, 5) is 2.64. The zero-order valence-electron chi connectivity index (χ0n) is 15.2. The van der Waals surface area contributed by atoms with Gasteiger partial charge < -0.3 is 19.4 Å². The highest BCUT2D eigenvalue weighted by atomic mass is 16.5. The van der Waals surface area contributed by atoms with Crippen molar-refractivity contribution in [3.63, 3.8) is 0 Å². The van der Waals surface area contributed by atoms with Crippen LogP contribution < -0.4 is 5.32 Å². The van der Waals surface area contributed by atoms with Gasteiger partial charge in [-0.1, -0.05) is 13.8 Å². The number of ether oxygens (including phenoxy) is 1. The molecule has 3 heterocycles. The van der Waals surface area contributed by atoms with Gasteiger partial charge in [-0.15, -0.1) is 0 Å². The number of hydrogen-bond acceptors (Lipinski definition) is 4. The molecule has 4 heteroatoms. The van der Waals surface area contributed by atoms with Crippen LogP contribution in [-0.2, 0) is 11.2 Å². The molecule has 3 aliphatic rings. The lowest BCUT2D eigenvalue weighted by atomic mass is 9.74. The number of likely N-dealkylation sites (tertiary alicyclic amines) is 1. The third-order valence-electron chi connectivity index (χ3n) is 6.12. The number of piperidine rings is 1. The number of fused-ring (bicyclic) bond motifs is 1. The van der Waals surface area contributed by atoms with Crippen molar-refractivity contribution in [2.24, 2.45) is 11.3 Å². The Morgan fingerprint density at radius 3 is 2.83 bits per heavy atom. The maximum atomic E-state index is 5.74. The van der Waals surface area contributed by atoms with Crippen LogP contribution in [0.4, 0.5) is 0 Å². The lowest BCUT2D eigenvalue weighted by molar-refractivity contribution is 0.139. The second-order valence-corrected chi connectivity index (χ2v) is 8.87. The fourth-order valence-electron chi connectivity index (χ4n) is 4.78. The quantitative estimate of drug-likeness (QED) is 0.917. The molecule has 2 saturated heterocycles. The predicted octanol–water partition coefficient (Wildman–Crippen LogP) is 3.38. The first-order valence-corrected chi connectivity index (χ1v) is 9.71. The molecule has 0 unspecified atom stereocenters. The highest BCUT2D eigenvalue weighted by Gasteiger charge is 2.35. The van der Waals surface area contributed by atoms with E-state index in [0.29, 0.717) is 17.5 Å². The van der Waals surface area contributed by atoms with Gasteiger partial charge in [0.05, 0.1) is 12.9 Å². The molecule has 24 heavy (non-hydrogen) atoms. The summed E-state index contributed by atoms with van der Waals surface area (Å²) in [6.45, 7) is 10.3. The van der Waals surface area contributed by atoms with Gasteiger partial charge in [0, 0.05) is 37.2 Å². The lowest BCUT2D eigenvalue weighted by Crippen LogP contribution is -2.46. The van der Waals surface area contributed by atoms with Crippen LogP contribution in [0.2, 0.25) is 0 Å². The molecule has 2 fully saturated rings. The van der Waals surface area contributed by atoms with Gasteiger partial charge in [-0.2, -0.15) is 0 Å². The first-order valence-electron chi connectivity index (χ1n) is 9.71. The highest BCUT2D eigenvalue weighted by Crippen LogP contribution is 2.41. The van der Waals surface area contributed by atoms with Gasteiger partial charge in [0.1, 0.15) is 5.76 Å². The lowest BCUT2D eigenvalue weighted by Gasteiger charge is -2.39. The van der Waals surface area contributed by atoms with Gasteiger partial charge in [-0.25, -0.2) is 0 Å². The molecule has 4 rings (SSSR count). The van der Waals surface area contributed by atoms with E-state index in [-0.39, 0.29) is 0 Å². The van der Waals surface area contributed by atoms with Crippen molar-refractivity contribution in [3.8, 4) is 0 Å². The molecule has 0 radical (unpaired) electrons. The average Bonchev–Trinajstić information content (AvgIpc) is 3.19. The fraction of sp³-hybridized carbons (Fsp3) is 0.800. The van der Waals surface area contributed by atoms with E-state index in [1.807, 2.05) is 6.26 Å². The maximum Gasteiger partial charge on any atom is 0.109 e. The number of hydrogen-bond donors (Lipinski definition) is 1. The monoisotopic (exact) mass is 332 g/mol. The zero-order valence-corrected chi connectivity index (χ0v) is 15.2. The largest absolute Gasteiger partial charge is 0.469 e. The van der Waals surface area contributed by atoms with Gasteiger partial charge in [0.25, 0.3) is 0 Å². The summed E-state index contributed by atoms with van der Waals surface area (Å²) in [7, 11) is 0. The Morgan fingerprint density at radius 2 is 2.08 bits per heavy atom. The second kappa shape index (κ2) is 6.81. The van der Waals surface area contributed by atoms with Crippen molar-refractivity contribution in [3.05, 3.63) is 23.7 Å². The summed E-state index contributed by atoms with van der Waals surface area (Å²) >= 11 is 0. The highest BCUT2D eigenvalue weighted by molar-refractivity contribution is 5.26. The van der Waals surface area contributed by atoms with Gasteiger partial charge >= 0.3 is 0 Å². The van der Waals surface area contributed by atoms with Crippen LogP contribution >= 0.6 is 0 Å². The molecule has 0 bridgehead atoms. The Morgan fingerprint density at radius 1 is 1.25 bits per heavy atom. The summed E-state index contributed by atoms with van der Waals surface area (Å²) in [5, 5.41) is 3.96. The van der Waals surface area contributed by atoms with Gasteiger partial charge in [0.15, 0.2) is 0 Å². The Hall–Kier alpha value is -0.840. The third kappa shape index (κ3) is 3.71. The minimum absolute atomic E-state index is 0.325. The molecule has 1 N–H and O–H groups in total. The molecular weight excluding hydrogens is 300 g/mol. The molecule has 0 amide bonds. The van der Waals surface area contributed by atoms with Gasteiger partial charge in [-0.05, 0) is 56.2 Å². The van der Waals surface area contributed by atoms with E-state index in [0.717, 1.165) is 25.6 Å². The Bertz CT molecular complexity index is 540. The smallest absolute Gasteiger partial charge is 0.109 e. The Labute approximate surface area is 145 Å². The molecular formula is C20H32N2O2. The van der Waals surface area contributed by atoms with E-state index in [1.165, 1.54) is 56.6 Å². The topological polar surface area (TPSA) is 37.6 Å². The molecule has 1 aromatic heterocycles. The molecule has 1 aromatic rings. The van der Waals surface area contributed by atoms with E-state index in [2.05, 4.69) is 30.1 Å². The Kier molecular flexibility index (Phi) is 4.72. The summed E-state index contributed by atoms with van der Waals surface area (Å²) in [6, 6.07) is 3.28. The van der Waals surface area contributed by atoms with Crippen LogP contribution in [0.25, 0.3) is 0 Å². The molecule has 4 nitrogen and oxygen atoms in total. The average molecular weight is 332 g/mol. The van der Waals surface area contributed by atoms with Crippen LogP contribution in [0.5, 0.6) is 0 Å². The van der Waals surface area contributed by atoms with Crippen molar-refractivity contribution in [2.45, 2.75) is 58.0 Å². The second-order valence-electron chi connectivity index (χ2n) is 8.87. The predicted molar refractivity (Wildman–Crippen MR) is 95.1 cm³/mol. The molecule has 2 atom stereocenters. The minimum atomic E-state index is 0.325. The SMILES string of the molecule is CC1(C)Cc2occc2[C@H](NC2CCN(C[C@@H]3CCOC3)CC2)C1. The molecule has 0 saturated carbocycles. The normalized spacial score (nSPS) is 31.2. The molecule has 1 aliphatic carbocycles. The third-order valence-corrected chi connectivity index (χ3v) is 6.12. The fourth-order valence-corrected chi connectivity index (χ4v) is 4.78. The van der Waals surface area contributed by atoms with Gasteiger partial charge in [-0.3, -0.25) is 0 Å². The standard InChI is InChI=1S/C20H32N2O2/c1-20(2)11-18(17-6-10-24-19(17)12-20)21-16-3-7-22(8-4-16)13-15-5-9-23-14-15/h6,10,15-16,18,21H,3-5,7-9,11-14H2,1-2H3/t15-,18+/m0/s1. The number of furan rings is 1. The van der Waals surface area contributed by atoms with Crippen molar-refractivity contribution in [1.82, 2.24) is 10.2 Å². The molecule has 134 valence electrons. The first kappa shape index (κ1) is 16.6. The van der Waals surface area contributed by atoms with Crippen LogP contribution in [0.15, 0.2) is 16.7 Å². The first-order chi connectivity index (χ1) is 11.6. The van der Waals surface area contributed by atoms with Crippen LogP contribution in [-0.4, -0.2) is 43.8 Å². The summed E-state index contributed by atoms with van der Waals surface area (Å²) in [6.07, 6.45) is 7.91. The number of rotatable bonds is 4. The summed E-state index contributed by atoms with van der Waals surface area (Å²) in [5.74, 6) is 1.96. The summed E-state index contributed by atoms with van der Waals surface area (Å²) < 4.78 is 11.3. The van der Waals surface area contributed by atoms with Crippen LogP contribution in [0.3, 0.4) is 0 Å². The molecule has 0 aromatic carbocycles. The van der Waals surface area contributed by atoms with E-state index >= 15 is 0 Å². The number of nitrogens with zero attached hydrogens (tertiary/aromatic N) is 1. The van der Waals surface area contributed by atoms with Crippen LogP contribution in [0, 0.1) is 11.3 Å². The van der Waals surface area contributed by atoms with Crippen molar-refractivity contribution >= 4 is 0 Å². The Balaban J connectivity index is 1.31. The maximum absolute atomic E-state index is 5.74. The van der Waals surface area contributed by atoms with E-state index < -0.39 is 0 Å².